The molecule has 98 valence electrons. The summed E-state index contributed by atoms with van der Waals surface area (Å²) in [6, 6.07) is 4.66. The average molecular weight is 277 g/mol. The Kier molecular flexibility index (Phi) is 3.81. The number of aromatic nitrogens is 3. The SMILES string of the molecule is Cc1cc(=O)[nH]c(Sc2cc(/C(N)=N/O)ccn2)n1. The third-order valence-corrected chi connectivity index (χ3v) is 3.01. The van der Waals surface area contributed by atoms with Crippen molar-refractivity contribution >= 4 is 17.6 Å². The van der Waals surface area contributed by atoms with Gasteiger partial charge in [0.15, 0.2) is 11.0 Å². The number of H-pyrrole nitrogens is 1. The van der Waals surface area contributed by atoms with E-state index < -0.39 is 0 Å². The third kappa shape index (κ3) is 3.32. The Balaban J connectivity index is 2.31. The molecule has 0 bridgehead atoms. The zero-order valence-electron chi connectivity index (χ0n) is 9.99. The zero-order valence-corrected chi connectivity index (χ0v) is 10.8. The van der Waals surface area contributed by atoms with Crippen molar-refractivity contribution in [3.63, 3.8) is 0 Å². The molecule has 0 atom stereocenters. The van der Waals surface area contributed by atoms with Crippen LogP contribution in [0.15, 0.2) is 44.5 Å². The molecule has 2 aromatic rings. The van der Waals surface area contributed by atoms with Crippen LogP contribution in [-0.2, 0) is 0 Å². The van der Waals surface area contributed by atoms with Crippen LogP contribution in [-0.4, -0.2) is 26.0 Å². The van der Waals surface area contributed by atoms with E-state index in [4.69, 9.17) is 10.9 Å². The van der Waals surface area contributed by atoms with Crippen molar-refractivity contribution in [2.75, 3.05) is 0 Å². The minimum Gasteiger partial charge on any atom is -0.409 e. The number of nitrogens with zero attached hydrogens (tertiary/aromatic N) is 3. The zero-order chi connectivity index (χ0) is 13.8. The molecule has 0 saturated carbocycles. The van der Waals surface area contributed by atoms with Crippen LogP contribution in [0.4, 0.5) is 0 Å². The molecule has 4 N–H and O–H groups in total. The van der Waals surface area contributed by atoms with Crippen molar-refractivity contribution < 1.29 is 5.21 Å². The van der Waals surface area contributed by atoms with Crippen LogP contribution in [0.3, 0.4) is 0 Å². The molecule has 0 saturated heterocycles. The molecular formula is C11H11N5O2S. The quantitative estimate of drug-likeness (QED) is 0.250. The van der Waals surface area contributed by atoms with Crippen LogP contribution in [0, 0.1) is 6.92 Å². The van der Waals surface area contributed by atoms with Crippen LogP contribution < -0.4 is 11.3 Å². The number of nitrogens with two attached hydrogens (primary N) is 1. The van der Waals surface area contributed by atoms with Crippen molar-refractivity contribution in [1.29, 1.82) is 0 Å². The van der Waals surface area contributed by atoms with E-state index in [0.717, 1.165) is 0 Å². The van der Waals surface area contributed by atoms with Gasteiger partial charge in [0.25, 0.3) is 5.56 Å². The number of pyridine rings is 1. The number of amidine groups is 1. The Morgan fingerprint density at radius 1 is 1.53 bits per heavy atom. The molecule has 0 fully saturated rings. The second-order valence-corrected chi connectivity index (χ2v) is 4.67. The maximum atomic E-state index is 11.3. The van der Waals surface area contributed by atoms with Crippen molar-refractivity contribution in [1.82, 2.24) is 15.0 Å². The lowest BCUT2D eigenvalue weighted by Crippen LogP contribution is -2.13. The van der Waals surface area contributed by atoms with E-state index in [9.17, 15) is 4.79 Å². The lowest BCUT2D eigenvalue weighted by atomic mass is 10.2. The molecular weight excluding hydrogens is 266 g/mol. The van der Waals surface area contributed by atoms with Crippen LogP contribution in [0.2, 0.25) is 0 Å². The van der Waals surface area contributed by atoms with Gasteiger partial charge in [0.05, 0.1) is 0 Å². The number of hydrogen-bond donors (Lipinski definition) is 3. The monoisotopic (exact) mass is 277 g/mol. The number of nitrogens with one attached hydrogen (secondary N) is 1. The van der Waals surface area contributed by atoms with Crippen molar-refractivity contribution in [3.05, 3.63) is 46.0 Å². The predicted octanol–water partition coefficient (Wildman–Crippen LogP) is 0.719. The number of rotatable bonds is 3. The van der Waals surface area contributed by atoms with Crippen molar-refractivity contribution in [2.45, 2.75) is 17.1 Å². The van der Waals surface area contributed by atoms with Gasteiger partial charge in [0.1, 0.15) is 5.03 Å². The maximum absolute atomic E-state index is 11.3. The molecule has 0 amide bonds. The summed E-state index contributed by atoms with van der Waals surface area (Å²) in [5.74, 6) is -0.00468. The van der Waals surface area contributed by atoms with Gasteiger partial charge in [-0.2, -0.15) is 0 Å². The molecule has 2 rings (SSSR count). The largest absolute Gasteiger partial charge is 0.409 e. The van der Waals surface area contributed by atoms with Crippen LogP contribution in [0.25, 0.3) is 0 Å². The second kappa shape index (κ2) is 5.53. The third-order valence-electron chi connectivity index (χ3n) is 2.19. The van der Waals surface area contributed by atoms with Gasteiger partial charge in [-0.05, 0) is 30.8 Å². The minimum atomic E-state index is -0.220. The Morgan fingerprint density at radius 2 is 2.32 bits per heavy atom. The Labute approximate surface area is 112 Å². The van der Waals surface area contributed by atoms with Crippen LogP contribution in [0.1, 0.15) is 11.3 Å². The first-order valence-electron chi connectivity index (χ1n) is 5.28. The van der Waals surface area contributed by atoms with Gasteiger partial charge in [-0.3, -0.25) is 4.79 Å². The van der Waals surface area contributed by atoms with Gasteiger partial charge in [-0.1, -0.05) is 5.16 Å². The lowest BCUT2D eigenvalue weighted by molar-refractivity contribution is 0.318. The first kappa shape index (κ1) is 13.1. The summed E-state index contributed by atoms with van der Waals surface area (Å²) < 4.78 is 0. The molecule has 19 heavy (non-hydrogen) atoms. The molecule has 8 heteroatoms. The van der Waals surface area contributed by atoms with Crippen LogP contribution >= 0.6 is 11.8 Å². The molecule has 0 aromatic carbocycles. The summed E-state index contributed by atoms with van der Waals surface area (Å²) in [6.45, 7) is 1.74. The van der Waals surface area contributed by atoms with E-state index in [1.807, 2.05) is 0 Å². The molecule has 2 heterocycles. The summed E-state index contributed by atoms with van der Waals surface area (Å²) in [4.78, 5) is 22.2. The van der Waals surface area contributed by atoms with Gasteiger partial charge in [0, 0.05) is 23.5 Å². The lowest BCUT2D eigenvalue weighted by Gasteiger charge is -2.03. The average Bonchev–Trinajstić information content (AvgIpc) is 2.37. The minimum absolute atomic E-state index is 0.00468. The summed E-state index contributed by atoms with van der Waals surface area (Å²) in [5, 5.41) is 12.6. The Hall–Kier alpha value is -2.35. The molecule has 0 radical (unpaired) electrons. The van der Waals surface area contributed by atoms with E-state index in [1.165, 1.54) is 24.0 Å². The van der Waals surface area contributed by atoms with Gasteiger partial charge in [-0.25, -0.2) is 9.97 Å². The fourth-order valence-corrected chi connectivity index (χ4v) is 2.22. The van der Waals surface area contributed by atoms with E-state index in [1.54, 1.807) is 19.1 Å². The fourth-order valence-electron chi connectivity index (χ4n) is 1.38. The van der Waals surface area contributed by atoms with Crippen molar-refractivity contribution in [3.8, 4) is 0 Å². The Bertz CT molecular complexity index is 683. The number of aromatic amines is 1. The summed E-state index contributed by atoms with van der Waals surface area (Å²) in [7, 11) is 0. The molecule has 7 nitrogen and oxygen atoms in total. The highest BCUT2D eigenvalue weighted by molar-refractivity contribution is 7.99. The van der Waals surface area contributed by atoms with E-state index in [2.05, 4.69) is 20.1 Å². The first-order chi connectivity index (χ1) is 9.08. The standard InChI is InChI=1S/C11H11N5O2S/c1-6-4-8(17)15-11(14-6)19-9-5-7(2-3-13-9)10(12)16-18/h2-5,18H,1H3,(H2,12,16)(H,14,15,17). The fraction of sp³-hybridized carbons (Fsp3) is 0.0909. The molecule has 0 unspecified atom stereocenters. The van der Waals surface area contributed by atoms with Crippen LogP contribution in [0.5, 0.6) is 0 Å². The number of oxime groups is 1. The molecule has 0 spiro atoms. The normalized spacial score (nSPS) is 11.5. The number of hydrogen-bond acceptors (Lipinski definition) is 6. The molecule has 0 aliphatic rings. The maximum Gasteiger partial charge on any atom is 0.251 e. The summed E-state index contributed by atoms with van der Waals surface area (Å²) in [6.07, 6.45) is 1.53. The van der Waals surface area contributed by atoms with Gasteiger partial charge in [-0.15, -0.1) is 0 Å². The van der Waals surface area contributed by atoms with Crippen molar-refractivity contribution in [2.24, 2.45) is 10.9 Å². The number of aryl methyl sites for hydroxylation is 1. The van der Waals surface area contributed by atoms with Gasteiger partial charge >= 0.3 is 0 Å². The first-order valence-corrected chi connectivity index (χ1v) is 6.10. The smallest absolute Gasteiger partial charge is 0.251 e. The van der Waals surface area contributed by atoms with E-state index in [0.29, 0.717) is 21.4 Å². The highest BCUT2D eigenvalue weighted by Crippen LogP contribution is 2.22. The molecule has 2 aromatic heterocycles. The topological polar surface area (TPSA) is 117 Å². The summed E-state index contributed by atoms with van der Waals surface area (Å²) >= 11 is 1.19. The molecule has 0 aliphatic heterocycles. The highest BCUT2D eigenvalue weighted by Gasteiger charge is 2.06. The predicted molar refractivity (Wildman–Crippen MR) is 70.5 cm³/mol. The highest BCUT2D eigenvalue weighted by atomic mass is 32.2. The van der Waals surface area contributed by atoms with Gasteiger partial charge in [0.2, 0.25) is 0 Å². The summed E-state index contributed by atoms with van der Waals surface area (Å²) in [5.41, 5.74) is 6.44. The second-order valence-electron chi connectivity index (χ2n) is 3.66. The van der Waals surface area contributed by atoms with E-state index in [-0.39, 0.29) is 11.4 Å². The van der Waals surface area contributed by atoms with Gasteiger partial charge < -0.3 is 15.9 Å². The van der Waals surface area contributed by atoms with E-state index >= 15 is 0 Å². The Morgan fingerprint density at radius 3 is 3.00 bits per heavy atom. The molecule has 0 aliphatic carbocycles.